The SMILES string of the molecule is CCCC(CN)C(=O)N1CCCC1. The van der Waals surface area contributed by atoms with Gasteiger partial charge >= 0.3 is 0 Å². The van der Waals surface area contributed by atoms with Crippen LogP contribution in [0, 0.1) is 5.92 Å². The maximum Gasteiger partial charge on any atom is 0.226 e. The fourth-order valence-electron chi connectivity index (χ4n) is 1.89. The number of hydrogen-bond donors (Lipinski definition) is 1. The first kappa shape index (κ1) is 10.5. The summed E-state index contributed by atoms with van der Waals surface area (Å²) in [6, 6.07) is 0. The van der Waals surface area contributed by atoms with Crippen molar-refractivity contribution in [2.45, 2.75) is 32.6 Å². The van der Waals surface area contributed by atoms with Crippen molar-refractivity contribution in [1.82, 2.24) is 4.90 Å². The average Bonchev–Trinajstić information content (AvgIpc) is 2.65. The van der Waals surface area contributed by atoms with Crippen LogP contribution in [0.3, 0.4) is 0 Å². The number of rotatable bonds is 4. The number of hydrogen-bond acceptors (Lipinski definition) is 2. The van der Waals surface area contributed by atoms with Gasteiger partial charge in [-0.15, -0.1) is 0 Å². The molecule has 1 saturated heterocycles. The van der Waals surface area contributed by atoms with Crippen LogP contribution in [-0.2, 0) is 4.79 Å². The number of nitrogens with two attached hydrogens (primary N) is 1. The highest BCUT2D eigenvalue weighted by molar-refractivity contribution is 5.79. The highest BCUT2D eigenvalue weighted by Crippen LogP contribution is 2.14. The Bertz CT molecular complexity index is 164. The molecule has 1 atom stereocenters. The second kappa shape index (κ2) is 5.22. The van der Waals surface area contributed by atoms with E-state index in [2.05, 4.69) is 6.92 Å². The van der Waals surface area contributed by atoms with Gasteiger partial charge in [0, 0.05) is 19.6 Å². The third-order valence-corrected chi connectivity index (χ3v) is 2.69. The molecular formula is C10H20N2O. The molecule has 1 fully saturated rings. The smallest absolute Gasteiger partial charge is 0.226 e. The van der Waals surface area contributed by atoms with E-state index in [1.165, 1.54) is 0 Å². The molecule has 0 aromatic rings. The topological polar surface area (TPSA) is 46.3 Å². The summed E-state index contributed by atoms with van der Waals surface area (Å²) in [5, 5.41) is 0. The maximum absolute atomic E-state index is 11.8. The van der Waals surface area contributed by atoms with Crippen molar-refractivity contribution in [3.63, 3.8) is 0 Å². The summed E-state index contributed by atoms with van der Waals surface area (Å²) in [5.41, 5.74) is 5.58. The molecule has 1 rings (SSSR count). The molecule has 0 spiro atoms. The van der Waals surface area contributed by atoms with Crippen LogP contribution in [0.5, 0.6) is 0 Å². The molecule has 1 heterocycles. The second-order valence-electron chi connectivity index (χ2n) is 3.75. The zero-order valence-corrected chi connectivity index (χ0v) is 8.46. The van der Waals surface area contributed by atoms with Crippen LogP contribution in [0.4, 0.5) is 0 Å². The van der Waals surface area contributed by atoms with Crippen molar-refractivity contribution >= 4 is 5.91 Å². The fourth-order valence-corrected chi connectivity index (χ4v) is 1.89. The zero-order valence-electron chi connectivity index (χ0n) is 8.46. The monoisotopic (exact) mass is 184 g/mol. The van der Waals surface area contributed by atoms with E-state index in [9.17, 15) is 4.79 Å². The number of carbonyl (C=O) groups is 1. The molecule has 1 aliphatic rings. The van der Waals surface area contributed by atoms with E-state index in [0.29, 0.717) is 6.54 Å². The quantitative estimate of drug-likeness (QED) is 0.708. The van der Waals surface area contributed by atoms with Gasteiger partial charge in [0.1, 0.15) is 0 Å². The van der Waals surface area contributed by atoms with E-state index >= 15 is 0 Å². The third-order valence-electron chi connectivity index (χ3n) is 2.69. The van der Waals surface area contributed by atoms with Crippen LogP contribution in [-0.4, -0.2) is 30.4 Å². The van der Waals surface area contributed by atoms with E-state index in [1.807, 2.05) is 4.90 Å². The van der Waals surface area contributed by atoms with Gasteiger partial charge in [-0.05, 0) is 19.3 Å². The van der Waals surface area contributed by atoms with Gasteiger partial charge < -0.3 is 10.6 Å². The van der Waals surface area contributed by atoms with Gasteiger partial charge in [-0.2, -0.15) is 0 Å². The van der Waals surface area contributed by atoms with E-state index in [-0.39, 0.29) is 11.8 Å². The number of amides is 1. The van der Waals surface area contributed by atoms with Crippen LogP contribution in [0.15, 0.2) is 0 Å². The molecule has 2 N–H and O–H groups in total. The number of likely N-dealkylation sites (tertiary alicyclic amines) is 1. The molecule has 3 nitrogen and oxygen atoms in total. The predicted molar refractivity (Wildman–Crippen MR) is 53.3 cm³/mol. The van der Waals surface area contributed by atoms with Crippen molar-refractivity contribution < 1.29 is 4.79 Å². The summed E-state index contributed by atoms with van der Waals surface area (Å²) in [7, 11) is 0. The molecule has 13 heavy (non-hydrogen) atoms. The standard InChI is InChI=1S/C10H20N2O/c1-2-5-9(8-11)10(13)12-6-3-4-7-12/h9H,2-8,11H2,1H3. The second-order valence-corrected chi connectivity index (χ2v) is 3.75. The summed E-state index contributed by atoms with van der Waals surface area (Å²) in [4.78, 5) is 13.8. The van der Waals surface area contributed by atoms with Gasteiger partial charge in [0.25, 0.3) is 0 Å². The van der Waals surface area contributed by atoms with E-state index in [0.717, 1.165) is 38.8 Å². The van der Waals surface area contributed by atoms with E-state index in [4.69, 9.17) is 5.73 Å². The van der Waals surface area contributed by atoms with Crippen molar-refractivity contribution in [2.75, 3.05) is 19.6 Å². The Morgan fingerprint density at radius 3 is 2.54 bits per heavy atom. The minimum absolute atomic E-state index is 0.0723. The molecule has 1 unspecified atom stereocenters. The minimum atomic E-state index is 0.0723. The van der Waals surface area contributed by atoms with Crippen LogP contribution in [0.2, 0.25) is 0 Å². The third kappa shape index (κ3) is 2.69. The summed E-state index contributed by atoms with van der Waals surface area (Å²) >= 11 is 0. The lowest BCUT2D eigenvalue weighted by molar-refractivity contribution is -0.134. The minimum Gasteiger partial charge on any atom is -0.342 e. The Morgan fingerprint density at radius 1 is 1.46 bits per heavy atom. The summed E-state index contributed by atoms with van der Waals surface area (Å²) in [6.07, 6.45) is 4.30. The first-order valence-corrected chi connectivity index (χ1v) is 5.28. The van der Waals surface area contributed by atoms with E-state index < -0.39 is 0 Å². The van der Waals surface area contributed by atoms with Crippen molar-refractivity contribution in [3.8, 4) is 0 Å². The van der Waals surface area contributed by atoms with Crippen molar-refractivity contribution in [2.24, 2.45) is 11.7 Å². The summed E-state index contributed by atoms with van der Waals surface area (Å²) < 4.78 is 0. The van der Waals surface area contributed by atoms with Crippen molar-refractivity contribution in [3.05, 3.63) is 0 Å². The number of carbonyl (C=O) groups excluding carboxylic acids is 1. The molecule has 1 amide bonds. The first-order valence-electron chi connectivity index (χ1n) is 5.28. The average molecular weight is 184 g/mol. The van der Waals surface area contributed by atoms with Gasteiger partial charge in [-0.25, -0.2) is 0 Å². The molecule has 0 aliphatic carbocycles. The first-order chi connectivity index (χ1) is 6.29. The van der Waals surface area contributed by atoms with Gasteiger partial charge in [0.15, 0.2) is 0 Å². The van der Waals surface area contributed by atoms with Gasteiger partial charge in [-0.1, -0.05) is 13.3 Å². The summed E-state index contributed by atoms with van der Waals surface area (Å²) in [5.74, 6) is 0.352. The lowest BCUT2D eigenvalue weighted by atomic mass is 10.0. The van der Waals surface area contributed by atoms with Crippen LogP contribution < -0.4 is 5.73 Å². The lowest BCUT2D eigenvalue weighted by Crippen LogP contribution is -2.37. The largest absolute Gasteiger partial charge is 0.342 e. The molecule has 0 aromatic carbocycles. The number of nitrogens with zero attached hydrogens (tertiary/aromatic N) is 1. The zero-order chi connectivity index (χ0) is 9.68. The van der Waals surface area contributed by atoms with Gasteiger partial charge in [-0.3, -0.25) is 4.79 Å². The molecule has 3 heteroatoms. The Hall–Kier alpha value is -0.570. The lowest BCUT2D eigenvalue weighted by Gasteiger charge is -2.21. The van der Waals surface area contributed by atoms with Crippen LogP contribution >= 0.6 is 0 Å². The van der Waals surface area contributed by atoms with Crippen LogP contribution in [0.1, 0.15) is 32.6 Å². The Kier molecular flexibility index (Phi) is 4.22. The van der Waals surface area contributed by atoms with Crippen molar-refractivity contribution in [1.29, 1.82) is 0 Å². The molecule has 0 aromatic heterocycles. The molecule has 1 aliphatic heterocycles. The molecule has 76 valence electrons. The van der Waals surface area contributed by atoms with Gasteiger partial charge in [0.2, 0.25) is 5.91 Å². The molecule has 0 saturated carbocycles. The van der Waals surface area contributed by atoms with Gasteiger partial charge in [0.05, 0.1) is 5.92 Å². The van der Waals surface area contributed by atoms with Crippen LogP contribution in [0.25, 0.3) is 0 Å². The maximum atomic E-state index is 11.8. The predicted octanol–water partition coefficient (Wildman–Crippen LogP) is 0.984. The summed E-state index contributed by atoms with van der Waals surface area (Å²) in [6.45, 7) is 4.49. The Morgan fingerprint density at radius 2 is 2.08 bits per heavy atom. The normalized spacial score (nSPS) is 19.1. The Labute approximate surface area is 80.3 Å². The highest BCUT2D eigenvalue weighted by Gasteiger charge is 2.24. The fraction of sp³-hybridized carbons (Fsp3) is 0.900. The molecular weight excluding hydrogens is 164 g/mol. The molecule has 0 radical (unpaired) electrons. The highest BCUT2D eigenvalue weighted by atomic mass is 16.2. The molecule has 0 bridgehead atoms. The Balaban J connectivity index is 2.42. The van der Waals surface area contributed by atoms with E-state index in [1.54, 1.807) is 0 Å².